The third kappa shape index (κ3) is 4.12. The molecule has 8 nitrogen and oxygen atoms in total. The molecular weight excluding hydrogens is 408 g/mol. The maximum Gasteiger partial charge on any atom is 0.325 e. The minimum Gasteiger partial charge on any atom is -0.468 e. The summed E-state index contributed by atoms with van der Waals surface area (Å²) in [5, 5.41) is 10.8. The van der Waals surface area contributed by atoms with Gasteiger partial charge in [-0.2, -0.15) is 4.31 Å². The molecule has 3 rings (SSSR count). The molecule has 0 radical (unpaired) electrons. The van der Waals surface area contributed by atoms with Gasteiger partial charge in [-0.05, 0) is 31.5 Å². The fraction of sp³-hybridized carbons (Fsp3) is 0.381. The van der Waals surface area contributed by atoms with Crippen molar-refractivity contribution in [3.05, 3.63) is 65.7 Å². The largest absolute Gasteiger partial charge is 0.468 e. The number of esters is 1. The first-order valence-electron chi connectivity index (χ1n) is 9.50. The molecule has 0 aromatic heterocycles. The van der Waals surface area contributed by atoms with Gasteiger partial charge < -0.3 is 20.3 Å². The van der Waals surface area contributed by atoms with Crippen molar-refractivity contribution in [2.75, 3.05) is 7.11 Å². The number of ether oxygens (including phenoxy) is 2. The van der Waals surface area contributed by atoms with Crippen LogP contribution in [0.1, 0.15) is 24.2 Å². The number of hydrogen-bond acceptors (Lipinski definition) is 7. The molecule has 3 N–H and O–H groups in total. The Bertz CT molecular complexity index is 980. The Morgan fingerprint density at radius 2 is 1.77 bits per heavy atom. The number of carbonyl (C=O) groups excluding carboxylic acids is 1. The van der Waals surface area contributed by atoms with Crippen molar-refractivity contribution in [1.29, 1.82) is 0 Å². The van der Waals surface area contributed by atoms with E-state index in [2.05, 4.69) is 4.74 Å². The van der Waals surface area contributed by atoms with Gasteiger partial charge in [0, 0.05) is 0 Å². The summed E-state index contributed by atoms with van der Waals surface area (Å²) >= 11 is 0. The van der Waals surface area contributed by atoms with Crippen LogP contribution in [0, 0.1) is 6.92 Å². The van der Waals surface area contributed by atoms with Crippen LogP contribution in [0.4, 0.5) is 0 Å². The number of aliphatic hydroxyl groups is 1. The summed E-state index contributed by atoms with van der Waals surface area (Å²) in [7, 11) is -2.93. The van der Waals surface area contributed by atoms with Crippen molar-refractivity contribution >= 4 is 16.0 Å². The average molecular weight is 435 g/mol. The number of benzene rings is 2. The van der Waals surface area contributed by atoms with Gasteiger partial charge in [-0.15, -0.1) is 0 Å². The molecule has 162 valence electrons. The molecule has 0 bridgehead atoms. The highest BCUT2D eigenvalue weighted by Crippen LogP contribution is 2.40. The molecule has 2 aromatic carbocycles. The molecule has 0 saturated carbocycles. The number of aryl methyl sites for hydroxylation is 1. The van der Waals surface area contributed by atoms with Crippen LogP contribution >= 0.6 is 0 Å². The van der Waals surface area contributed by atoms with E-state index in [1.165, 1.54) is 12.1 Å². The van der Waals surface area contributed by atoms with E-state index in [1.807, 2.05) is 37.3 Å². The Morgan fingerprint density at radius 3 is 2.33 bits per heavy atom. The zero-order chi connectivity index (χ0) is 22.1. The van der Waals surface area contributed by atoms with Crippen molar-refractivity contribution < 1.29 is 27.8 Å². The molecule has 0 unspecified atom stereocenters. The van der Waals surface area contributed by atoms with Crippen LogP contribution in [0.25, 0.3) is 0 Å². The topological polar surface area (TPSA) is 119 Å². The van der Waals surface area contributed by atoms with E-state index in [1.54, 1.807) is 19.1 Å². The maximum atomic E-state index is 13.5. The molecule has 0 spiro atoms. The van der Waals surface area contributed by atoms with E-state index in [0.29, 0.717) is 0 Å². The Hall–Kier alpha value is -2.30. The highest BCUT2D eigenvalue weighted by atomic mass is 32.2. The van der Waals surface area contributed by atoms with Gasteiger partial charge in [0.1, 0.15) is 18.2 Å². The van der Waals surface area contributed by atoms with Gasteiger partial charge in [0.2, 0.25) is 10.0 Å². The third-order valence-corrected chi connectivity index (χ3v) is 7.20. The van der Waals surface area contributed by atoms with Crippen LogP contribution in [0.5, 0.6) is 0 Å². The van der Waals surface area contributed by atoms with Gasteiger partial charge in [-0.1, -0.05) is 48.0 Å². The summed E-state index contributed by atoms with van der Waals surface area (Å²) in [6.45, 7) is 3.55. The van der Waals surface area contributed by atoms with Crippen LogP contribution in [-0.4, -0.2) is 55.3 Å². The lowest BCUT2D eigenvalue weighted by atomic mass is 10.0. The first kappa shape index (κ1) is 22.4. The maximum absolute atomic E-state index is 13.5. The van der Waals surface area contributed by atoms with E-state index < -0.39 is 46.5 Å². The lowest BCUT2D eigenvalue weighted by molar-refractivity contribution is -0.150. The number of rotatable bonds is 6. The summed E-state index contributed by atoms with van der Waals surface area (Å²) in [5.74, 6) is -0.866. The fourth-order valence-corrected chi connectivity index (χ4v) is 5.28. The minimum atomic E-state index is -4.07. The normalized spacial score (nSPS) is 24.4. The van der Waals surface area contributed by atoms with Crippen LogP contribution in [0.2, 0.25) is 0 Å². The van der Waals surface area contributed by atoms with E-state index in [4.69, 9.17) is 10.5 Å². The summed E-state index contributed by atoms with van der Waals surface area (Å²) in [4.78, 5) is 11.9. The van der Waals surface area contributed by atoms with Gasteiger partial charge in [0.25, 0.3) is 0 Å². The van der Waals surface area contributed by atoms with E-state index >= 15 is 0 Å². The third-order valence-electron chi connectivity index (χ3n) is 5.23. The van der Waals surface area contributed by atoms with Crippen LogP contribution < -0.4 is 5.73 Å². The molecule has 1 aliphatic rings. The number of methoxy groups -OCH3 is 1. The molecule has 1 saturated heterocycles. The van der Waals surface area contributed by atoms with Gasteiger partial charge in [-0.25, -0.2) is 8.42 Å². The van der Waals surface area contributed by atoms with Crippen LogP contribution in [0.3, 0.4) is 0 Å². The number of nitrogens with zero attached hydrogens (tertiary/aromatic N) is 1. The summed E-state index contributed by atoms with van der Waals surface area (Å²) < 4.78 is 38.7. The van der Waals surface area contributed by atoms with Crippen molar-refractivity contribution in [1.82, 2.24) is 4.31 Å². The smallest absolute Gasteiger partial charge is 0.325 e. The summed E-state index contributed by atoms with van der Waals surface area (Å²) in [6.07, 6.45) is -3.66. The van der Waals surface area contributed by atoms with E-state index in [9.17, 15) is 18.3 Å². The molecule has 1 aliphatic heterocycles. The number of sulfonamides is 1. The van der Waals surface area contributed by atoms with Crippen LogP contribution in [-0.2, 0) is 24.3 Å². The highest BCUT2D eigenvalue weighted by Gasteiger charge is 2.52. The first-order chi connectivity index (χ1) is 14.2. The monoisotopic (exact) mass is 434 g/mol. The number of nitrogens with two attached hydrogens (primary N) is 1. The van der Waals surface area contributed by atoms with Gasteiger partial charge in [0.05, 0.1) is 18.0 Å². The van der Waals surface area contributed by atoms with E-state index in [-0.39, 0.29) is 4.90 Å². The minimum absolute atomic E-state index is 0.0566. The molecule has 1 fully saturated rings. The summed E-state index contributed by atoms with van der Waals surface area (Å²) in [5.41, 5.74) is 7.47. The van der Waals surface area contributed by atoms with Crippen LogP contribution in [0.15, 0.2) is 59.5 Å². The predicted octanol–water partition coefficient (Wildman–Crippen LogP) is 1.33. The quantitative estimate of drug-likeness (QED) is 0.658. The SMILES string of the molecule is COC(=O)[C@@H](N)[C@H](O)[C@@H]1O[C@H](c2ccccc2)[C@H](C)N1S(=O)(=O)c1ccc(C)cc1. The molecule has 1 heterocycles. The number of hydrogen-bond donors (Lipinski definition) is 2. The molecule has 0 aliphatic carbocycles. The highest BCUT2D eigenvalue weighted by molar-refractivity contribution is 7.89. The molecular formula is C21H26N2O6S. The molecule has 2 aromatic rings. The molecule has 9 heteroatoms. The Morgan fingerprint density at radius 1 is 1.17 bits per heavy atom. The zero-order valence-electron chi connectivity index (χ0n) is 17.0. The van der Waals surface area contributed by atoms with Crippen molar-refractivity contribution in [2.24, 2.45) is 5.73 Å². The van der Waals surface area contributed by atoms with Gasteiger partial charge in [0.15, 0.2) is 6.23 Å². The summed E-state index contributed by atoms with van der Waals surface area (Å²) in [6, 6.07) is 13.3. The number of carbonyl (C=O) groups is 1. The number of aliphatic hydroxyl groups excluding tert-OH is 1. The predicted molar refractivity (Wildman–Crippen MR) is 110 cm³/mol. The Kier molecular flexibility index (Phi) is 6.59. The molecule has 30 heavy (non-hydrogen) atoms. The molecule has 0 amide bonds. The van der Waals surface area contributed by atoms with Crippen molar-refractivity contribution in [2.45, 2.75) is 49.3 Å². The average Bonchev–Trinajstić information content (AvgIpc) is 3.10. The fourth-order valence-electron chi connectivity index (χ4n) is 3.56. The first-order valence-corrected chi connectivity index (χ1v) is 10.9. The van der Waals surface area contributed by atoms with E-state index in [0.717, 1.165) is 22.5 Å². The molecule has 5 atom stereocenters. The van der Waals surface area contributed by atoms with Crippen molar-refractivity contribution in [3.63, 3.8) is 0 Å². The lowest BCUT2D eigenvalue weighted by Crippen LogP contribution is -2.55. The second-order valence-corrected chi connectivity index (χ2v) is 9.13. The lowest BCUT2D eigenvalue weighted by Gasteiger charge is -2.30. The standard InChI is InChI=1S/C21H26N2O6S/c1-13-9-11-16(12-10-13)30(26,27)23-14(2)19(15-7-5-4-6-8-15)29-20(23)18(24)17(22)21(25)28-3/h4-12,14,17-20,24H,22H2,1-3H3/t14-,17-,18-,19-,20-/m0/s1. The Balaban J connectivity index is 2.05. The van der Waals surface area contributed by atoms with Gasteiger partial charge in [-0.3, -0.25) is 4.79 Å². The Labute approximate surface area is 176 Å². The van der Waals surface area contributed by atoms with Crippen molar-refractivity contribution in [3.8, 4) is 0 Å². The zero-order valence-corrected chi connectivity index (χ0v) is 17.8. The second kappa shape index (κ2) is 8.83. The second-order valence-electron chi connectivity index (χ2n) is 7.29. The van der Waals surface area contributed by atoms with Gasteiger partial charge >= 0.3 is 5.97 Å².